The second-order valence-electron chi connectivity index (χ2n) is 5.30. The number of sulfonamides is 1. The van der Waals surface area contributed by atoms with Gasteiger partial charge in [-0.3, -0.25) is 0 Å². The third-order valence-corrected chi connectivity index (χ3v) is 3.55. The molecule has 0 fully saturated rings. The summed E-state index contributed by atoms with van der Waals surface area (Å²) in [5, 5.41) is 5.25. The minimum absolute atomic E-state index is 0.0179. The molecule has 0 atom stereocenters. The monoisotopic (exact) mass is 291 g/mol. The fourth-order valence-corrected chi connectivity index (χ4v) is 2.08. The summed E-state index contributed by atoms with van der Waals surface area (Å²) >= 11 is 5.94. The predicted octanol–water partition coefficient (Wildman–Crippen LogP) is 2.80. The van der Waals surface area contributed by atoms with Crippen LogP contribution in [0.2, 0.25) is 5.02 Å². The van der Waals surface area contributed by atoms with E-state index in [0.29, 0.717) is 12.4 Å². The first-order valence-electron chi connectivity index (χ1n) is 5.55. The van der Waals surface area contributed by atoms with Gasteiger partial charge in [0.05, 0.1) is 16.5 Å². The molecule has 1 aromatic rings. The Morgan fingerprint density at radius 3 is 2.39 bits per heavy atom. The van der Waals surface area contributed by atoms with Crippen LogP contribution in [0.1, 0.15) is 27.2 Å². The first-order valence-corrected chi connectivity index (χ1v) is 7.47. The van der Waals surface area contributed by atoms with Crippen molar-refractivity contribution in [1.29, 1.82) is 0 Å². The zero-order chi connectivity index (χ0) is 14.0. The van der Waals surface area contributed by atoms with Gasteiger partial charge in [-0.1, -0.05) is 32.4 Å². The third kappa shape index (κ3) is 4.84. The van der Waals surface area contributed by atoms with Crippen LogP contribution in [0.5, 0.6) is 5.75 Å². The molecule has 0 radical (unpaired) electrons. The van der Waals surface area contributed by atoms with Gasteiger partial charge in [-0.05, 0) is 30.0 Å². The van der Waals surface area contributed by atoms with E-state index >= 15 is 0 Å². The van der Waals surface area contributed by atoms with E-state index in [1.165, 1.54) is 18.2 Å². The second kappa shape index (κ2) is 5.47. The summed E-state index contributed by atoms with van der Waals surface area (Å²) in [6, 6.07) is 4.20. The Morgan fingerprint density at radius 2 is 1.94 bits per heavy atom. The highest BCUT2D eigenvalue weighted by molar-refractivity contribution is 7.89. The zero-order valence-corrected chi connectivity index (χ0v) is 12.3. The van der Waals surface area contributed by atoms with E-state index in [-0.39, 0.29) is 15.3 Å². The molecule has 0 heterocycles. The number of nitrogens with two attached hydrogens (primary N) is 1. The van der Waals surface area contributed by atoms with Gasteiger partial charge in [-0.2, -0.15) is 0 Å². The standard InChI is InChI=1S/C12H18ClNO3S/c1-12(2,3)6-7-17-11-5-4-9(8-10(11)13)18(14,15)16/h4-5,8H,6-7H2,1-3H3,(H2,14,15,16). The maximum absolute atomic E-state index is 11.1. The number of benzene rings is 1. The smallest absolute Gasteiger partial charge is 0.238 e. The van der Waals surface area contributed by atoms with Crippen LogP contribution < -0.4 is 9.88 Å². The van der Waals surface area contributed by atoms with Crippen LogP contribution in [0.3, 0.4) is 0 Å². The molecule has 4 nitrogen and oxygen atoms in total. The quantitative estimate of drug-likeness (QED) is 0.927. The van der Waals surface area contributed by atoms with Crippen LogP contribution in [0, 0.1) is 5.41 Å². The molecule has 0 saturated heterocycles. The van der Waals surface area contributed by atoms with E-state index in [9.17, 15) is 8.42 Å². The number of hydrogen-bond acceptors (Lipinski definition) is 3. The van der Waals surface area contributed by atoms with E-state index in [0.717, 1.165) is 6.42 Å². The maximum atomic E-state index is 11.1. The van der Waals surface area contributed by atoms with Crippen molar-refractivity contribution in [2.75, 3.05) is 6.61 Å². The van der Waals surface area contributed by atoms with E-state index in [1.807, 2.05) is 0 Å². The molecule has 0 aromatic heterocycles. The lowest BCUT2D eigenvalue weighted by Crippen LogP contribution is -2.13. The lowest BCUT2D eigenvalue weighted by molar-refractivity contribution is 0.243. The molecular formula is C12H18ClNO3S. The van der Waals surface area contributed by atoms with Gasteiger partial charge in [-0.25, -0.2) is 13.6 Å². The normalized spacial score (nSPS) is 12.5. The fraction of sp³-hybridized carbons (Fsp3) is 0.500. The number of primary sulfonamides is 1. The number of halogens is 1. The average Bonchev–Trinajstić information content (AvgIpc) is 2.17. The molecule has 0 aliphatic heterocycles. The van der Waals surface area contributed by atoms with Crippen LogP contribution >= 0.6 is 11.6 Å². The minimum atomic E-state index is -3.73. The van der Waals surface area contributed by atoms with Crippen molar-refractivity contribution in [3.63, 3.8) is 0 Å². The summed E-state index contributed by atoms with van der Waals surface area (Å²) in [5.74, 6) is 0.466. The van der Waals surface area contributed by atoms with Crippen LogP contribution in [0.4, 0.5) is 0 Å². The summed E-state index contributed by atoms with van der Waals surface area (Å²) in [7, 11) is -3.73. The van der Waals surface area contributed by atoms with Crippen molar-refractivity contribution in [3.05, 3.63) is 23.2 Å². The van der Waals surface area contributed by atoms with Crippen LogP contribution in [-0.2, 0) is 10.0 Å². The Balaban J connectivity index is 2.75. The predicted molar refractivity (Wildman–Crippen MR) is 72.4 cm³/mol. The van der Waals surface area contributed by atoms with Crippen molar-refractivity contribution in [2.24, 2.45) is 10.6 Å². The Labute approximate surface area is 113 Å². The second-order valence-corrected chi connectivity index (χ2v) is 7.26. The van der Waals surface area contributed by atoms with Gasteiger partial charge in [0.2, 0.25) is 10.0 Å². The minimum Gasteiger partial charge on any atom is -0.492 e. The summed E-state index contributed by atoms with van der Waals surface area (Å²) in [4.78, 5) is -0.0179. The van der Waals surface area contributed by atoms with Crippen molar-refractivity contribution in [3.8, 4) is 5.75 Å². The number of ether oxygens (including phenoxy) is 1. The Bertz CT molecular complexity index is 521. The molecule has 0 aliphatic carbocycles. The van der Waals surface area contributed by atoms with Crippen LogP contribution in [0.15, 0.2) is 23.1 Å². The molecule has 0 amide bonds. The molecule has 0 unspecified atom stereocenters. The molecule has 18 heavy (non-hydrogen) atoms. The van der Waals surface area contributed by atoms with Gasteiger partial charge in [0, 0.05) is 0 Å². The maximum Gasteiger partial charge on any atom is 0.238 e. The van der Waals surface area contributed by atoms with Crippen LogP contribution in [0.25, 0.3) is 0 Å². The van der Waals surface area contributed by atoms with Crippen molar-refractivity contribution >= 4 is 21.6 Å². The highest BCUT2D eigenvalue weighted by Gasteiger charge is 2.13. The number of rotatable bonds is 4. The third-order valence-electron chi connectivity index (χ3n) is 2.34. The first-order chi connectivity index (χ1) is 8.09. The van der Waals surface area contributed by atoms with E-state index in [2.05, 4.69) is 20.8 Å². The van der Waals surface area contributed by atoms with Gasteiger partial charge >= 0.3 is 0 Å². The lowest BCUT2D eigenvalue weighted by Gasteiger charge is -2.18. The summed E-state index contributed by atoms with van der Waals surface area (Å²) in [6.45, 7) is 6.87. The van der Waals surface area contributed by atoms with Crippen LogP contribution in [-0.4, -0.2) is 15.0 Å². The van der Waals surface area contributed by atoms with E-state index < -0.39 is 10.0 Å². The average molecular weight is 292 g/mol. The molecule has 1 rings (SSSR count). The molecule has 0 spiro atoms. The highest BCUT2D eigenvalue weighted by atomic mass is 35.5. The first kappa shape index (κ1) is 15.3. The lowest BCUT2D eigenvalue weighted by atomic mass is 9.93. The molecule has 102 valence electrons. The molecule has 0 bridgehead atoms. The van der Waals surface area contributed by atoms with Crippen molar-refractivity contribution in [1.82, 2.24) is 0 Å². The van der Waals surface area contributed by atoms with Crippen molar-refractivity contribution in [2.45, 2.75) is 32.1 Å². The Hall–Kier alpha value is -0.780. The van der Waals surface area contributed by atoms with Gasteiger partial charge in [0.25, 0.3) is 0 Å². The summed E-state index contributed by atoms with van der Waals surface area (Å²) < 4.78 is 27.8. The SMILES string of the molecule is CC(C)(C)CCOc1ccc(S(N)(=O)=O)cc1Cl. The topological polar surface area (TPSA) is 69.4 Å². The van der Waals surface area contributed by atoms with E-state index in [4.69, 9.17) is 21.5 Å². The fourth-order valence-electron chi connectivity index (χ4n) is 1.24. The highest BCUT2D eigenvalue weighted by Crippen LogP contribution is 2.28. The molecule has 0 saturated carbocycles. The van der Waals surface area contributed by atoms with Gasteiger partial charge in [0.15, 0.2) is 0 Å². The van der Waals surface area contributed by atoms with Gasteiger partial charge in [0.1, 0.15) is 5.75 Å². The van der Waals surface area contributed by atoms with Gasteiger partial charge in [-0.15, -0.1) is 0 Å². The van der Waals surface area contributed by atoms with Crippen molar-refractivity contribution < 1.29 is 13.2 Å². The largest absolute Gasteiger partial charge is 0.492 e. The summed E-state index contributed by atoms with van der Waals surface area (Å²) in [5.41, 5.74) is 0.174. The Morgan fingerprint density at radius 1 is 1.33 bits per heavy atom. The Kier molecular flexibility index (Phi) is 4.64. The number of hydrogen-bond donors (Lipinski definition) is 1. The molecule has 2 N–H and O–H groups in total. The molecule has 6 heteroatoms. The summed E-state index contributed by atoms with van der Waals surface area (Å²) in [6.07, 6.45) is 0.875. The van der Waals surface area contributed by atoms with Gasteiger partial charge < -0.3 is 4.74 Å². The molecule has 0 aliphatic rings. The zero-order valence-electron chi connectivity index (χ0n) is 10.7. The van der Waals surface area contributed by atoms with E-state index in [1.54, 1.807) is 0 Å². The molecular weight excluding hydrogens is 274 g/mol. The molecule has 1 aromatic carbocycles.